The molecule has 6 rings (SSSR count). The molecule has 6 fully saturated rings. The summed E-state index contributed by atoms with van der Waals surface area (Å²) in [6, 6.07) is -5.29. The molecule has 0 saturated carbocycles. The minimum atomic E-state index is -2.55. The first-order chi connectivity index (χ1) is 50.5. The van der Waals surface area contributed by atoms with Gasteiger partial charge in [0.2, 0.25) is 35.4 Å². The second kappa shape index (κ2) is 43.7. The Kier molecular flexibility index (Phi) is 37.7. The molecule has 44 heteroatoms. The SMILES string of the molecule is C=C(C)C(=O)NCC(=O)CCCCC(=O)NCC(=O)C1OC(OC2C(O)C(CO)OC(OC3C(C(=O)CNC(=O)CCCCC(=O)CN)OC(OC4C(O)C(CO)OC(OC5C(C(=O)[O-])OC(OC6C(O)C(CO)OC(C)C6NC(C)=O)C(O)C5O)C4NC(C)=O)C(O)C3O)C2NC(C)=O)C(O)C(O)C1OC.[Na+]. The molecule has 6 heterocycles. The molecule has 43 nitrogen and oxygen atoms in total. The molecule has 0 radical (unpaired) electrons. The van der Waals surface area contributed by atoms with E-state index in [1.54, 1.807) is 0 Å². The van der Waals surface area contributed by atoms with Crippen LogP contribution in [0.25, 0.3) is 0 Å². The van der Waals surface area contributed by atoms with E-state index >= 15 is 0 Å². The number of aliphatic carboxylic acids is 1. The zero-order valence-electron chi connectivity index (χ0n) is 60.4. The van der Waals surface area contributed by atoms with Crippen LogP contribution in [0.1, 0.15) is 86.0 Å². The monoisotopic (exact) mass is 1570 g/mol. The molecular formula is C64H100N7NaO36. The van der Waals surface area contributed by atoms with Gasteiger partial charge in [0.15, 0.2) is 48.8 Å². The van der Waals surface area contributed by atoms with Gasteiger partial charge in [-0.15, -0.1) is 0 Å². The van der Waals surface area contributed by atoms with Crippen LogP contribution in [0.5, 0.6) is 0 Å². The summed E-state index contributed by atoms with van der Waals surface area (Å²) in [7, 11) is 1.04. The number of carbonyl (C=O) groups is 11. The van der Waals surface area contributed by atoms with E-state index in [4.69, 9.17) is 62.6 Å². The van der Waals surface area contributed by atoms with E-state index in [0.29, 0.717) is 0 Å². The largest absolute Gasteiger partial charge is 1.00 e. The van der Waals surface area contributed by atoms with Crippen molar-refractivity contribution in [3.63, 3.8) is 0 Å². The molecule has 30 atom stereocenters. The van der Waals surface area contributed by atoms with Gasteiger partial charge in [-0.05, 0) is 39.5 Å². The molecule has 0 spiro atoms. The van der Waals surface area contributed by atoms with Gasteiger partial charge in [0.1, 0.15) is 146 Å². The number of unbranched alkanes of at least 4 members (excludes halogenated alkanes) is 2. The number of ether oxygens (including phenoxy) is 12. The summed E-state index contributed by atoms with van der Waals surface area (Å²) < 4.78 is 70.2. The van der Waals surface area contributed by atoms with Crippen LogP contribution in [0.2, 0.25) is 0 Å². The van der Waals surface area contributed by atoms with Crippen molar-refractivity contribution in [1.82, 2.24) is 31.9 Å². The number of aliphatic hydroxyl groups excluding tert-OH is 12. The molecule has 0 bridgehead atoms. The fraction of sp³-hybridized carbons (Fsp3) is 0.797. The number of carboxylic acid groups (broad SMARTS) is 1. The molecule has 0 aliphatic carbocycles. The van der Waals surface area contributed by atoms with Gasteiger partial charge in [-0.1, -0.05) is 6.58 Å². The number of aliphatic hydroxyl groups is 12. The Morgan fingerprint density at radius 2 is 0.769 bits per heavy atom. The van der Waals surface area contributed by atoms with Crippen molar-refractivity contribution in [2.75, 3.05) is 53.1 Å². The number of hydrogen-bond donors (Lipinski definition) is 19. The molecular weight excluding hydrogens is 1470 g/mol. The number of nitrogens with two attached hydrogens (primary N) is 1. The Hall–Kier alpha value is -5.29. The van der Waals surface area contributed by atoms with Crippen molar-refractivity contribution < 1.29 is 206 Å². The normalized spacial score (nSPS) is 36.9. The maximum atomic E-state index is 14.7. The average Bonchev–Trinajstić information content (AvgIpc) is 0.776. The van der Waals surface area contributed by atoms with E-state index < -0.39 is 270 Å². The number of ketones is 4. The predicted molar refractivity (Wildman–Crippen MR) is 346 cm³/mol. The molecule has 0 aromatic rings. The van der Waals surface area contributed by atoms with E-state index in [1.165, 1.54) is 13.8 Å². The van der Waals surface area contributed by atoms with Gasteiger partial charge < -0.3 is 166 Å². The fourth-order valence-electron chi connectivity index (χ4n) is 12.7. The Morgan fingerprint density at radius 3 is 1.15 bits per heavy atom. The molecule has 108 heavy (non-hydrogen) atoms. The molecule has 0 aromatic heterocycles. The van der Waals surface area contributed by atoms with Crippen molar-refractivity contribution in [3.05, 3.63) is 12.2 Å². The van der Waals surface area contributed by atoms with Crippen molar-refractivity contribution in [1.29, 1.82) is 0 Å². The molecule has 6 aliphatic rings. The molecule has 0 aromatic carbocycles. The maximum absolute atomic E-state index is 14.7. The first kappa shape index (κ1) is 93.3. The smallest absolute Gasteiger partial charge is 0.547 e. The third kappa shape index (κ3) is 24.6. The number of nitrogens with one attached hydrogen (secondary N) is 6. The summed E-state index contributed by atoms with van der Waals surface area (Å²) in [5.74, 6) is -9.67. The topological polar surface area (TPSA) is 663 Å². The standard InChI is InChI=1S/C64H101N7O36.Na/c1-23(2)58(93)68-17-29(79)13-9-11-15-36(83)66-18-30(80)49-54(96-7)43(87)46(90)62(100-49)103-52-38(70-26(5)76)60(98-33(21-73)41(52)85)105-55-44(88)47(91)63(101-50(55)31(81)19-67-35(82)14-10-8-12-28(78)16-65)104-53-39(71-27(6)77)61(99-34(22-74)42(53)86)106-56-45(89)48(92)64(107-57(56)59(94)95)102-51-37(69-25(4)75)24(3)97-32(20-72)40(51)84;/h24,32-34,37-57,60-64,72-74,84-92H,1,8-22,65H2,2-7H3,(H,66,83)(H,67,82)(H,68,93)(H,69,75)(H,70,76)(H,71,77)(H,94,95);/q;+1/p-1. The zero-order chi connectivity index (χ0) is 79.6. The number of amides is 6. The van der Waals surface area contributed by atoms with Gasteiger partial charge >= 0.3 is 29.6 Å². The minimum Gasteiger partial charge on any atom is -0.547 e. The first-order valence-corrected chi connectivity index (χ1v) is 34.5. The van der Waals surface area contributed by atoms with Gasteiger partial charge in [-0.3, -0.25) is 47.9 Å². The Morgan fingerprint density at radius 1 is 0.426 bits per heavy atom. The summed E-state index contributed by atoms with van der Waals surface area (Å²) in [5.41, 5.74) is 5.58. The van der Waals surface area contributed by atoms with Crippen LogP contribution >= 0.6 is 0 Å². The number of rotatable bonds is 38. The summed E-state index contributed by atoms with van der Waals surface area (Å²) in [5, 5.41) is 164. The van der Waals surface area contributed by atoms with Crippen LogP contribution in [0.3, 0.4) is 0 Å². The van der Waals surface area contributed by atoms with Crippen LogP contribution in [-0.4, -0.2) is 363 Å². The summed E-state index contributed by atoms with van der Waals surface area (Å²) in [4.78, 5) is 142. The number of hydrogen-bond acceptors (Lipinski definition) is 37. The van der Waals surface area contributed by atoms with Crippen molar-refractivity contribution >= 4 is 64.5 Å². The summed E-state index contributed by atoms with van der Waals surface area (Å²) in [6.07, 6.45) is -56.7. The number of Topliss-reactive ketones (excluding diaryl/α,β-unsaturated/α-hetero) is 4. The van der Waals surface area contributed by atoms with Crippen LogP contribution in [-0.2, 0) is 110 Å². The van der Waals surface area contributed by atoms with Gasteiger partial charge in [-0.2, -0.15) is 0 Å². The quantitative estimate of drug-likeness (QED) is 0.0155. The minimum absolute atomic E-state index is 0. The molecule has 6 amide bonds. The molecule has 6 aliphatic heterocycles. The van der Waals surface area contributed by atoms with Crippen LogP contribution in [0, 0.1) is 0 Å². The molecule has 20 N–H and O–H groups in total. The fourth-order valence-corrected chi connectivity index (χ4v) is 12.7. The average molecular weight is 1570 g/mol. The third-order valence-electron chi connectivity index (χ3n) is 18.4. The summed E-state index contributed by atoms with van der Waals surface area (Å²) in [6.45, 7) is 3.83. The maximum Gasteiger partial charge on any atom is 1.00 e. The van der Waals surface area contributed by atoms with Crippen LogP contribution in [0.15, 0.2) is 12.2 Å². The third-order valence-corrected chi connectivity index (χ3v) is 18.4. The molecule has 608 valence electrons. The Labute approximate surface area is 640 Å². The zero-order valence-corrected chi connectivity index (χ0v) is 62.4. The second-order valence-electron chi connectivity index (χ2n) is 26.6. The molecule has 6 saturated heterocycles. The predicted octanol–water partition coefficient (Wildman–Crippen LogP) is -15.9. The number of carbonyl (C=O) groups excluding carboxylic acids is 11. The van der Waals surface area contributed by atoms with E-state index in [1.807, 2.05) is 0 Å². The molecule has 30 unspecified atom stereocenters. The van der Waals surface area contributed by atoms with Crippen LogP contribution in [0.4, 0.5) is 0 Å². The Bertz CT molecular complexity index is 3060. The van der Waals surface area contributed by atoms with Gasteiger partial charge in [0.05, 0.1) is 64.1 Å². The number of carboxylic acids is 1. The Balaban J connectivity index is 0.0000209. The first-order valence-electron chi connectivity index (χ1n) is 34.5. The van der Waals surface area contributed by atoms with E-state index in [9.17, 15) is 119 Å². The van der Waals surface area contributed by atoms with Crippen molar-refractivity contribution in [2.24, 2.45) is 5.73 Å². The van der Waals surface area contributed by atoms with Gasteiger partial charge in [0, 0.05) is 59.1 Å². The van der Waals surface area contributed by atoms with Gasteiger partial charge in [-0.25, -0.2) is 0 Å². The number of methoxy groups -OCH3 is 1. The van der Waals surface area contributed by atoms with E-state index in [-0.39, 0.29) is 111 Å². The van der Waals surface area contributed by atoms with Gasteiger partial charge in [0.25, 0.3) is 0 Å². The second-order valence-corrected chi connectivity index (χ2v) is 26.6. The van der Waals surface area contributed by atoms with E-state index in [0.717, 1.165) is 27.9 Å². The van der Waals surface area contributed by atoms with Crippen molar-refractivity contribution in [3.8, 4) is 0 Å². The van der Waals surface area contributed by atoms with Crippen molar-refractivity contribution in [2.45, 2.75) is 270 Å². The van der Waals surface area contributed by atoms with Crippen LogP contribution < -0.4 is 72.3 Å². The summed E-state index contributed by atoms with van der Waals surface area (Å²) >= 11 is 0. The van der Waals surface area contributed by atoms with E-state index in [2.05, 4.69) is 38.5 Å².